The Hall–Kier alpha value is -2.16. The molecule has 3 rings (SSSR count). The lowest BCUT2D eigenvalue weighted by molar-refractivity contribution is -0.402. The largest absolute Gasteiger partial charge is 0.433 e. The Morgan fingerprint density at radius 1 is 1.32 bits per heavy atom. The number of anilines is 1. The van der Waals surface area contributed by atoms with Crippen LogP contribution in [0.2, 0.25) is 10.0 Å². The van der Waals surface area contributed by atoms with Crippen LogP contribution in [0.5, 0.6) is 0 Å². The summed E-state index contributed by atoms with van der Waals surface area (Å²) in [5, 5.41) is 14.0. The van der Waals surface area contributed by atoms with Crippen molar-refractivity contribution in [2.75, 3.05) is 5.32 Å². The number of rotatable bonds is 3. The molecule has 0 fully saturated rings. The lowest BCUT2D eigenvalue weighted by Gasteiger charge is -1.96. The summed E-state index contributed by atoms with van der Waals surface area (Å²) in [7, 11) is 0. The highest BCUT2D eigenvalue weighted by atomic mass is 35.5. The number of carbonyl (C=O) groups is 1. The molecule has 2 heterocycles. The van der Waals surface area contributed by atoms with Crippen molar-refractivity contribution >= 4 is 61.7 Å². The van der Waals surface area contributed by atoms with Crippen LogP contribution in [0, 0.1) is 10.1 Å². The zero-order valence-corrected chi connectivity index (χ0v) is 12.8. The number of halogens is 2. The van der Waals surface area contributed by atoms with Gasteiger partial charge in [-0.15, -0.1) is 0 Å². The van der Waals surface area contributed by atoms with Crippen LogP contribution in [0.1, 0.15) is 10.6 Å². The third-order valence-electron chi connectivity index (χ3n) is 2.67. The van der Waals surface area contributed by atoms with E-state index in [0.717, 1.165) is 10.8 Å². The van der Waals surface area contributed by atoms with Gasteiger partial charge in [0.15, 0.2) is 10.9 Å². The second kappa shape index (κ2) is 5.56. The van der Waals surface area contributed by atoms with Gasteiger partial charge in [0.1, 0.15) is 10.4 Å². The number of carbonyl (C=O) groups excluding carboxylic acids is 1. The summed E-state index contributed by atoms with van der Waals surface area (Å²) in [6.07, 6.45) is 0. The van der Waals surface area contributed by atoms with Gasteiger partial charge in [-0.2, -0.15) is 0 Å². The molecule has 1 N–H and O–H groups in total. The maximum absolute atomic E-state index is 12.0. The molecule has 0 aliphatic rings. The molecule has 112 valence electrons. The highest BCUT2D eigenvalue weighted by Gasteiger charge is 2.19. The summed E-state index contributed by atoms with van der Waals surface area (Å²) in [6, 6.07) is 5.68. The summed E-state index contributed by atoms with van der Waals surface area (Å²) in [5.41, 5.74) is 0.472. The number of nitro groups is 1. The summed E-state index contributed by atoms with van der Waals surface area (Å²) < 4.78 is 5.56. The van der Waals surface area contributed by atoms with Crippen molar-refractivity contribution in [1.29, 1.82) is 0 Å². The highest BCUT2D eigenvalue weighted by Crippen LogP contribution is 2.35. The topological polar surface area (TPSA) is 98.3 Å². The number of thiazole rings is 1. The summed E-state index contributed by atoms with van der Waals surface area (Å²) in [6.45, 7) is 0. The molecule has 7 nitrogen and oxygen atoms in total. The van der Waals surface area contributed by atoms with Crippen LogP contribution in [-0.4, -0.2) is 15.8 Å². The molecule has 0 aliphatic carbocycles. The predicted molar refractivity (Wildman–Crippen MR) is 83.0 cm³/mol. The van der Waals surface area contributed by atoms with Gasteiger partial charge in [-0.3, -0.25) is 20.2 Å². The Labute approximate surface area is 136 Å². The van der Waals surface area contributed by atoms with Crippen LogP contribution >= 0.6 is 34.5 Å². The van der Waals surface area contributed by atoms with Crippen LogP contribution in [0.25, 0.3) is 10.2 Å². The van der Waals surface area contributed by atoms with E-state index in [1.54, 1.807) is 12.1 Å². The number of hydrogen-bond donors (Lipinski definition) is 1. The molecular formula is C12H5Cl2N3O4S. The first kappa shape index (κ1) is 14.8. The second-order valence-electron chi connectivity index (χ2n) is 4.08. The molecule has 2 aromatic heterocycles. The summed E-state index contributed by atoms with van der Waals surface area (Å²) in [4.78, 5) is 25.9. The number of nitrogens with one attached hydrogen (secondary N) is 1. The molecule has 3 aromatic rings. The minimum Gasteiger partial charge on any atom is -0.395 e. The number of nitrogens with zero attached hydrogens (tertiary/aromatic N) is 2. The molecule has 0 bridgehead atoms. The number of benzene rings is 1. The number of amides is 1. The molecule has 1 aromatic carbocycles. The lowest BCUT2D eigenvalue weighted by Crippen LogP contribution is -2.10. The van der Waals surface area contributed by atoms with Gasteiger partial charge in [0.2, 0.25) is 0 Å². The Kier molecular flexibility index (Phi) is 3.73. The van der Waals surface area contributed by atoms with E-state index in [9.17, 15) is 14.9 Å². The monoisotopic (exact) mass is 357 g/mol. The predicted octanol–water partition coefficient (Wildman–Crippen LogP) is 4.36. The SMILES string of the molecule is O=C(Nc1nc2c(Cl)c(Cl)ccc2s1)c1ccc([N+](=O)[O-])o1. The van der Waals surface area contributed by atoms with E-state index in [2.05, 4.69) is 10.3 Å². The second-order valence-corrected chi connectivity index (χ2v) is 5.89. The quantitative estimate of drug-likeness (QED) is 0.554. The van der Waals surface area contributed by atoms with Crippen molar-refractivity contribution in [3.8, 4) is 0 Å². The van der Waals surface area contributed by atoms with Gasteiger partial charge in [0.05, 0.1) is 20.8 Å². The molecule has 10 heteroatoms. The highest BCUT2D eigenvalue weighted by molar-refractivity contribution is 7.22. The third kappa shape index (κ3) is 2.63. The number of furan rings is 1. The fourth-order valence-electron chi connectivity index (χ4n) is 1.70. The van der Waals surface area contributed by atoms with Crippen LogP contribution in [0.3, 0.4) is 0 Å². The normalized spacial score (nSPS) is 10.8. The van der Waals surface area contributed by atoms with Crippen molar-refractivity contribution in [2.24, 2.45) is 0 Å². The van der Waals surface area contributed by atoms with E-state index in [4.69, 9.17) is 27.6 Å². The minimum absolute atomic E-state index is 0.185. The van der Waals surface area contributed by atoms with Crippen molar-refractivity contribution in [3.63, 3.8) is 0 Å². The fraction of sp³-hybridized carbons (Fsp3) is 0. The third-order valence-corrected chi connectivity index (χ3v) is 4.40. The number of aromatic nitrogens is 1. The molecule has 0 saturated heterocycles. The average molecular weight is 358 g/mol. The van der Waals surface area contributed by atoms with Crippen molar-refractivity contribution in [3.05, 3.63) is 50.2 Å². The standard InChI is InChI=1S/C12H5Cl2N3O4S/c13-5-1-3-7-10(9(5)14)15-12(22-7)16-11(18)6-2-4-8(21-6)17(19)20/h1-4H,(H,15,16,18). The summed E-state index contributed by atoms with van der Waals surface area (Å²) >= 11 is 13.1. The maximum Gasteiger partial charge on any atom is 0.433 e. The molecule has 0 unspecified atom stereocenters. The Balaban J connectivity index is 1.87. The van der Waals surface area contributed by atoms with Crippen LogP contribution in [-0.2, 0) is 0 Å². The van der Waals surface area contributed by atoms with Crippen LogP contribution in [0.15, 0.2) is 28.7 Å². The van der Waals surface area contributed by atoms with Gasteiger partial charge >= 0.3 is 5.88 Å². The van der Waals surface area contributed by atoms with Crippen LogP contribution in [0.4, 0.5) is 11.0 Å². The first-order valence-electron chi connectivity index (χ1n) is 5.76. The zero-order valence-electron chi connectivity index (χ0n) is 10.5. The molecule has 0 radical (unpaired) electrons. The molecule has 0 aliphatic heterocycles. The first-order chi connectivity index (χ1) is 10.5. The fourth-order valence-corrected chi connectivity index (χ4v) is 2.98. The molecule has 0 atom stereocenters. The Morgan fingerprint density at radius 3 is 2.77 bits per heavy atom. The van der Waals surface area contributed by atoms with Gasteiger partial charge in [0, 0.05) is 0 Å². The maximum atomic E-state index is 12.0. The minimum atomic E-state index is -0.726. The first-order valence-corrected chi connectivity index (χ1v) is 7.33. The van der Waals surface area contributed by atoms with E-state index >= 15 is 0 Å². The van der Waals surface area contributed by atoms with Gasteiger partial charge < -0.3 is 4.42 Å². The summed E-state index contributed by atoms with van der Waals surface area (Å²) in [5.74, 6) is -1.34. The van der Waals surface area contributed by atoms with Gasteiger partial charge in [-0.25, -0.2) is 4.98 Å². The van der Waals surface area contributed by atoms with Crippen molar-refractivity contribution < 1.29 is 14.1 Å². The van der Waals surface area contributed by atoms with Crippen LogP contribution < -0.4 is 5.32 Å². The van der Waals surface area contributed by atoms with E-state index in [0.29, 0.717) is 15.6 Å². The molecule has 0 saturated carbocycles. The number of hydrogen-bond acceptors (Lipinski definition) is 6. The molecule has 0 spiro atoms. The molecule has 22 heavy (non-hydrogen) atoms. The van der Waals surface area contributed by atoms with E-state index in [-0.39, 0.29) is 10.9 Å². The smallest absolute Gasteiger partial charge is 0.395 e. The lowest BCUT2D eigenvalue weighted by atomic mass is 10.3. The van der Waals surface area contributed by atoms with E-state index < -0.39 is 16.7 Å². The Morgan fingerprint density at radius 2 is 2.09 bits per heavy atom. The molecular weight excluding hydrogens is 353 g/mol. The van der Waals surface area contributed by atoms with Gasteiger partial charge in [0.25, 0.3) is 5.91 Å². The van der Waals surface area contributed by atoms with E-state index in [1.165, 1.54) is 17.4 Å². The van der Waals surface area contributed by atoms with E-state index in [1.807, 2.05) is 0 Å². The Bertz CT molecular complexity index is 905. The van der Waals surface area contributed by atoms with Crippen molar-refractivity contribution in [2.45, 2.75) is 0 Å². The van der Waals surface area contributed by atoms with Gasteiger partial charge in [-0.1, -0.05) is 34.5 Å². The number of fused-ring (bicyclic) bond motifs is 1. The van der Waals surface area contributed by atoms with Crippen molar-refractivity contribution in [1.82, 2.24) is 4.98 Å². The zero-order chi connectivity index (χ0) is 15.9. The van der Waals surface area contributed by atoms with Gasteiger partial charge in [-0.05, 0) is 18.2 Å². The average Bonchev–Trinajstić information content (AvgIpc) is 3.09. The molecule has 1 amide bonds.